The molecule has 7 heteroatoms. The van der Waals surface area contributed by atoms with Gasteiger partial charge in [-0.05, 0) is 66.4 Å². The van der Waals surface area contributed by atoms with Crippen molar-refractivity contribution in [2.75, 3.05) is 20.2 Å². The number of amides is 1. The van der Waals surface area contributed by atoms with Gasteiger partial charge in [0.15, 0.2) is 0 Å². The molecule has 32 heavy (non-hydrogen) atoms. The van der Waals surface area contributed by atoms with Crippen molar-refractivity contribution in [3.8, 4) is 5.75 Å². The lowest BCUT2D eigenvalue weighted by Gasteiger charge is -2.31. The van der Waals surface area contributed by atoms with E-state index in [0.717, 1.165) is 10.9 Å². The van der Waals surface area contributed by atoms with Crippen LogP contribution in [0.4, 0.5) is 0 Å². The molecular formula is C25H28N2O4S. The Morgan fingerprint density at radius 1 is 1.00 bits per heavy atom. The number of carbonyl (C=O) groups excluding carboxylic acids is 1. The molecule has 4 rings (SSSR count). The fraction of sp³-hybridized carbons (Fsp3) is 0.320. The molecule has 0 saturated carbocycles. The first-order valence-electron chi connectivity index (χ1n) is 10.8. The molecular weight excluding hydrogens is 424 g/mol. The van der Waals surface area contributed by atoms with E-state index in [0.29, 0.717) is 31.7 Å². The first-order chi connectivity index (χ1) is 15.4. The molecule has 168 valence electrons. The summed E-state index contributed by atoms with van der Waals surface area (Å²) in [5.74, 6) is 0.396. The zero-order valence-corrected chi connectivity index (χ0v) is 19.1. The number of fused-ring (bicyclic) bond motifs is 1. The van der Waals surface area contributed by atoms with Crippen molar-refractivity contribution in [2.45, 2.75) is 30.7 Å². The molecule has 1 saturated heterocycles. The standard InChI is InChI=1S/C25H28N2O4S/c1-18(21-8-7-19-5-3-4-6-22(19)17-21)26-25(28)20-13-15-27(16-14-20)32(29,30)24-11-9-23(31-2)10-12-24/h3-12,17-18,20H,13-16H2,1-2H3,(H,26,28). The van der Waals surface area contributed by atoms with Crippen molar-refractivity contribution in [1.82, 2.24) is 9.62 Å². The molecule has 1 atom stereocenters. The van der Waals surface area contributed by atoms with Crippen LogP contribution in [0.5, 0.6) is 5.75 Å². The number of benzene rings is 3. The molecule has 1 fully saturated rings. The predicted octanol–water partition coefficient (Wildman–Crippen LogP) is 4.13. The first kappa shape index (κ1) is 22.3. The van der Waals surface area contributed by atoms with Gasteiger partial charge in [-0.3, -0.25) is 4.79 Å². The summed E-state index contributed by atoms with van der Waals surface area (Å²) < 4.78 is 32.4. The normalized spacial score (nSPS) is 16.6. The van der Waals surface area contributed by atoms with Gasteiger partial charge in [0.05, 0.1) is 18.0 Å². The van der Waals surface area contributed by atoms with Gasteiger partial charge in [0.2, 0.25) is 15.9 Å². The van der Waals surface area contributed by atoms with Crippen LogP contribution in [0.15, 0.2) is 71.6 Å². The number of nitrogens with zero attached hydrogens (tertiary/aromatic N) is 1. The predicted molar refractivity (Wildman–Crippen MR) is 125 cm³/mol. The Bertz CT molecular complexity index is 1200. The Morgan fingerprint density at radius 3 is 2.31 bits per heavy atom. The minimum atomic E-state index is -3.58. The summed E-state index contributed by atoms with van der Waals surface area (Å²) in [7, 11) is -2.04. The Kier molecular flexibility index (Phi) is 6.48. The lowest BCUT2D eigenvalue weighted by molar-refractivity contribution is -0.126. The van der Waals surface area contributed by atoms with Crippen molar-refractivity contribution < 1.29 is 17.9 Å². The maximum Gasteiger partial charge on any atom is 0.243 e. The number of hydrogen-bond donors (Lipinski definition) is 1. The first-order valence-corrected chi connectivity index (χ1v) is 12.3. The van der Waals surface area contributed by atoms with E-state index >= 15 is 0 Å². The molecule has 0 bridgehead atoms. The molecule has 1 heterocycles. The van der Waals surface area contributed by atoms with Crippen molar-refractivity contribution in [3.05, 3.63) is 72.3 Å². The Hall–Kier alpha value is -2.90. The van der Waals surface area contributed by atoms with Crippen molar-refractivity contribution in [2.24, 2.45) is 5.92 Å². The van der Waals surface area contributed by atoms with Crippen LogP contribution in [0.3, 0.4) is 0 Å². The van der Waals surface area contributed by atoms with Crippen LogP contribution in [0.2, 0.25) is 0 Å². The van der Waals surface area contributed by atoms with E-state index in [9.17, 15) is 13.2 Å². The smallest absolute Gasteiger partial charge is 0.243 e. The van der Waals surface area contributed by atoms with Crippen molar-refractivity contribution in [3.63, 3.8) is 0 Å². The minimum absolute atomic E-state index is 0.0212. The topological polar surface area (TPSA) is 75.7 Å². The van der Waals surface area contributed by atoms with Crippen LogP contribution in [-0.2, 0) is 14.8 Å². The van der Waals surface area contributed by atoms with Gasteiger partial charge in [0.1, 0.15) is 5.75 Å². The second kappa shape index (κ2) is 9.30. The van der Waals surface area contributed by atoms with Crippen LogP contribution < -0.4 is 10.1 Å². The zero-order valence-electron chi connectivity index (χ0n) is 18.3. The summed E-state index contributed by atoms with van der Waals surface area (Å²) in [6.07, 6.45) is 1.01. The van der Waals surface area contributed by atoms with Crippen LogP contribution in [0, 0.1) is 5.92 Å². The van der Waals surface area contributed by atoms with Gasteiger partial charge >= 0.3 is 0 Å². The lowest BCUT2D eigenvalue weighted by atomic mass is 9.96. The number of carbonyl (C=O) groups is 1. The summed E-state index contributed by atoms with van der Waals surface area (Å²) >= 11 is 0. The third kappa shape index (κ3) is 4.64. The number of ether oxygens (including phenoxy) is 1. The SMILES string of the molecule is COc1ccc(S(=O)(=O)N2CCC(C(=O)NC(C)c3ccc4ccccc4c3)CC2)cc1. The highest BCUT2D eigenvalue weighted by molar-refractivity contribution is 7.89. The average Bonchev–Trinajstić information content (AvgIpc) is 2.83. The van der Waals surface area contributed by atoms with E-state index in [1.54, 1.807) is 31.4 Å². The van der Waals surface area contributed by atoms with E-state index in [1.165, 1.54) is 9.69 Å². The summed E-state index contributed by atoms with van der Waals surface area (Å²) in [4.78, 5) is 13.1. The van der Waals surface area contributed by atoms with E-state index in [1.807, 2.05) is 25.1 Å². The maximum atomic E-state index is 12.9. The van der Waals surface area contributed by atoms with Gasteiger partial charge in [-0.15, -0.1) is 0 Å². The van der Waals surface area contributed by atoms with Gasteiger partial charge in [0, 0.05) is 19.0 Å². The molecule has 6 nitrogen and oxygen atoms in total. The van der Waals surface area contributed by atoms with E-state index in [2.05, 4.69) is 29.6 Å². The second-order valence-electron chi connectivity index (χ2n) is 8.19. The van der Waals surface area contributed by atoms with Crippen LogP contribution in [-0.4, -0.2) is 38.8 Å². The summed E-state index contributed by atoms with van der Waals surface area (Å²) in [6.45, 7) is 2.64. The van der Waals surface area contributed by atoms with Gasteiger partial charge in [0.25, 0.3) is 0 Å². The highest BCUT2D eigenvalue weighted by Crippen LogP contribution is 2.26. The van der Waals surface area contributed by atoms with E-state index in [4.69, 9.17) is 4.74 Å². The van der Waals surface area contributed by atoms with E-state index < -0.39 is 10.0 Å². The van der Waals surface area contributed by atoms with Gasteiger partial charge in [-0.1, -0.05) is 36.4 Å². The Balaban J connectivity index is 1.36. The molecule has 1 N–H and O–H groups in total. The van der Waals surface area contributed by atoms with Gasteiger partial charge in [-0.25, -0.2) is 8.42 Å². The van der Waals surface area contributed by atoms with Crippen LogP contribution >= 0.6 is 0 Å². The van der Waals surface area contributed by atoms with Gasteiger partial charge < -0.3 is 10.1 Å². The Labute approximate surface area is 189 Å². The van der Waals surface area contributed by atoms with Crippen LogP contribution in [0.1, 0.15) is 31.4 Å². The monoisotopic (exact) mass is 452 g/mol. The second-order valence-corrected chi connectivity index (χ2v) is 10.1. The minimum Gasteiger partial charge on any atom is -0.497 e. The number of sulfonamides is 1. The third-order valence-electron chi connectivity index (χ3n) is 6.15. The third-order valence-corrected chi connectivity index (χ3v) is 8.07. The molecule has 3 aromatic carbocycles. The van der Waals surface area contributed by atoms with E-state index in [-0.39, 0.29) is 22.8 Å². The molecule has 0 aliphatic carbocycles. The fourth-order valence-electron chi connectivity index (χ4n) is 4.15. The molecule has 0 spiro atoms. The van der Waals surface area contributed by atoms with Crippen molar-refractivity contribution in [1.29, 1.82) is 0 Å². The summed E-state index contributed by atoms with van der Waals surface area (Å²) in [5.41, 5.74) is 1.05. The number of hydrogen-bond acceptors (Lipinski definition) is 4. The number of nitrogens with one attached hydrogen (secondary N) is 1. The maximum absolute atomic E-state index is 12.9. The molecule has 0 radical (unpaired) electrons. The zero-order chi connectivity index (χ0) is 22.7. The largest absolute Gasteiger partial charge is 0.497 e. The molecule has 1 aliphatic rings. The number of piperidine rings is 1. The highest BCUT2D eigenvalue weighted by Gasteiger charge is 2.32. The molecule has 1 aliphatic heterocycles. The quantitative estimate of drug-likeness (QED) is 0.610. The number of rotatable bonds is 6. The fourth-order valence-corrected chi connectivity index (χ4v) is 5.62. The van der Waals surface area contributed by atoms with Gasteiger partial charge in [-0.2, -0.15) is 4.31 Å². The number of methoxy groups -OCH3 is 1. The Morgan fingerprint density at radius 2 is 1.66 bits per heavy atom. The molecule has 3 aromatic rings. The summed E-state index contributed by atoms with van der Waals surface area (Å²) in [6, 6.07) is 20.6. The highest BCUT2D eigenvalue weighted by atomic mass is 32.2. The summed E-state index contributed by atoms with van der Waals surface area (Å²) in [5, 5.41) is 5.42. The molecule has 0 aromatic heterocycles. The van der Waals surface area contributed by atoms with Crippen molar-refractivity contribution >= 4 is 26.7 Å². The average molecular weight is 453 g/mol. The molecule has 1 amide bonds. The molecule has 1 unspecified atom stereocenters. The van der Waals surface area contributed by atoms with Crippen LogP contribution in [0.25, 0.3) is 10.8 Å². The lowest BCUT2D eigenvalue weighted by Crippen LogP contribution is -2.43.